The van der Waals surface area contributed by atoms with Crippen LogP contribution in [0.5, 0.6) is 5.88 Å². The van der Waals surface area contributed by atoms with Crippen LogP contribution in [0.1, 0.15) is 16.8 Å². The highest BCUT2D eigenvalue weighted by atomic mass is 32.1. The molecule has 1 aliphatic rings. The summed E-state index contributed by atoms with van der Waals surface area (Å²) in [5.41, 5.74) is 6.29. The van der Waals surface area contributed by atoms with Gasteiger partial charge in [0.1, 0.15) is 0 Å². The molecule has 0 bridgehead atoms. The molecule has 1 aliphatic carbocycles. The summed E-state index contributed by atoms with van der Waals surface area (Å²) in [6.45, 7) is 2.07. The Kier molecular flexibility index (Phi) is 2.82. The minimum absolute atomic E-state index is 0.188. The minimum atomic E-state index is 0.188. The predicted molar refractivity (Wildman–Crippen MR) is 96.0 cm³/mol. The number of nitrogens with zero attached hydrogens (tertiary/aromatic N) is 3. The zero-order valence-corrected chi connectivity index (χ0v) is 14.0. The number of fused-ring (bicyclic) bond motifs is 4. The topological polar surface area (TPSA) is 50.9 Å². The van der Waals surface area contributed by atoms with Crippen LogP contribution < -0.4 is 0 Å². The van der Waals surface area contributed by atoms with E-state index in [1.54, 1.807) is 16.0 Å². The standard InChI is InChI=1S/C19H15N3OS/c1-11-6-8-14-16(10-11)24-19(20-14)22-18(23)17-13-5-3-2-4-12(13)7-9-15(17)21-22/h2-6,8,10,23H,7,9H2,1H3. The SMILES string of the molecule is Cc1ccc2nc(-n3nc4c(c3O)-c3ccccc3CC4)sc2c1. The zero-order valence-electron chi connectivity index (χ0n) is 13.2. The molecule has 0 unspecified atom stereocenters. The number of hydrogen-bond donors (Lipinski definition) is 1. The lowest BCUT2D eigenvalue weighted by Crippen LogP contribution is -2.02. The van der Waals surface area contributed by atoms with Gasteiger partial charge in [-0.25, -0.2) is 4.98 Å². The fourth-order valence-corrected chi connectivity index (χ4v) is 4.40. The highest BCUT2D eigenvalue weighted by Crippen LogP contribution is 2.41. The first kappa shape index (κ1) is 13.7. The molecule has 1 N–H and O–H groups in total. The zero-order chi connectivity index (χ0) is 16.3. The maximum atomic E-state index is 10.8. The summed E-state index contributed by atoms with van der Waals surface area (Å²) in [6.07, 6.45) is 1.80. The number of aromatic nitrogens is 3. The van der Waals surface area contributed by atoms with Crippen molar-refractivity contribution in [3.63, 3.8) is 0 Å². The number of aromatic hydroxyl groups is 1. The number of hydrogen-bond acceptors (Lipinski definition) is 4. The third kappa shape index (κ3) is 1.91. The lowest BCUT2D eigenvalue weighted by atomic mass is 9.90. The second kappa shape index (κ2) is 4.92. The minimum Gasteiger partial charge on any atom is -0.493 e. The van der Waals surface area contributed by atoms with Gasteiger partial charge >= 0.3 is 0 Å². The van der Waals surface area contributed by atoms with Gasteiger partial charge in [0, 0.05) is 0 Å². The van der Waals surface area contributed by atoms with Crippen LogP contribution in [0.2, 0.25) is 0 Å². The maximum absolute atomic E-state index is 10.8. The number of rotatable bonds is 1. The maximum Gasteiger partial charge on any atom is 0.224 e. The lowest BCUT2D eigenvalue weighted by molar-refractivity contribution is 0.435. The molecule has 118 valence electrons. The number of aryl methyl sites for hydroxylation is 3. The quantitative estimate of drug-likeness (QED) is 0.566. The van der Waals surface area contributed by atoms with Crippen molar-refractivity contribution in [1.29, 1.82) is 0 Å². The first-order chi connectivity index (χ1) is 11.7. The van der Waals surface area contributed by atoms with E-state index in [9.17, 15) is 5.11 Å². The Morgan fingerprint density at radius 1 is 1.12 bits per heavy atom. The van der Waals surface area contributed by atoms with E-state index >= 15 is 0 Å². The summed E-state index contributed by atoms with van der Waals surface area (Å²) < 4.78 is 2.70. The van der Waals surface area contributed by atoms with E-state index in [0.717, 1.165) is 39.9 Å². The fraction of sp³-hybridized carbons (Fsp3) is 0.158. The summed E-state index contributed by atoms with van der Waals surface area (Å²) in [7, 11) is 0. The number of thiazole rings is 1. The van der Waals surface area contributed by atoms with Crippen molar-refractivity contribution in [2.75, 3.05) is 0 Å². The lowest BCUT2D eigenvalue weighted by Gasteiger charge is -2.14. The van der Waals surface area contributed by atoms with E-state index < -0.39 is 0 Å². The van der Waals surface area contributed by atoms with Crippen molar-refractivity contribution >= 4 is 21.6 Å². The fourth-order valence-electron chi connectivity index (χ4n) is 3.38. The smallest absolute Gasteiger partial charge is 0.224 e. The van der Waals surface area contributed by atoms with Crippen LogP contribution >= 0.6 is 11.3 Å². The highest BCUT2D eigenvalue weighted by Gasteiger charge is 2.26. The highest BCUT2D eigenvalue weighted by molar-refractivity contribution is 7.20. The molecule has 0 fully saturated rings. The number of benzene rings is 2. The van der Waals surface area contributed by atoms with Crippen LogP contribution in [-0.2, 0) is 12.8 Å². The van der Waals surface area contributed by atoms with Crippen LogP contribution in [0, 0.1) is 6.92 Å². The molecule has 0 amide bonds. The van der Waals surface area contributed by atoms with Crippen molar-refractivity contribution in [2.45, 2.75) is 19.8 Å². The molecule has 2 aromatic heterocycles. The second-order valence-corrected chi connectivity index (χ2v) is 7.19. The molecule has 5 rings (SSSR count). The van der Waals surface area contributed by atoms with Gasteiger partial charge < -0.3 is 5.11 Å². The van der Waals surface area contributed by atoms with Gasteiger partial charge in [-0.15, -0.1) is 0 Å². The van der Waals surface area contributed by atoms with E-state index in [0.29, 0.717) is 5.13 Å². The largest absolute Gasteiger partial charge is 0.493 e. The van der Waals surface area contributed by atoms with Crippen molar-refractivity contribution in [1.82, 2.24) is 14.8 Å². The summed E-state index contributed by atoms with van der Waals surface area (Å²) >= 11 is 1.55. The molecule has 0 saturated carbocycles. The summed E-state index contributed by atoms with van der Waals surface area (Å²) in [4.78, 5) is 4.64. The van der Waals surface area contributed by atoms with E-state index in [-0.39, 0.29) is 5.88 Å². The van der Waals surface area contributed by atoms with E-state index in [2.05, 4.69) is 41.3 Å². The predicted octanol–water partition coefficient (Wildman–Crippen LogP) is 4.26. The van der Waals surface area contributed by atoms with Gasteiger partial charge in [-0.1, -0.05) is 41.7 Å². The monoisotopic (exact) mass is 333 g/mol. The van der Waals surface area contributed by atoms with Crippen molar-refractivity contribution < 1.29 is 5.11 Å². The van der Waals surface area contributed by atoms with Gasteiger partial charge in [-0.05, 0) is 48.6 Å². The van der Waals surface area contributed by atoms with Crippen molar-refractivity contribution in [3.05, 3.63) is 59.3 Å². The Hall–Kier alpha value is -2.66. The summed E-state index contributed by atoms with van der Waals surface area (Å²) in [6, 6.07) is 14.4. The van der Waals surface area contributed by atoms with Gasteiger partial charge in [0.05, 0.1) is 21.5 Å². The van der Waals surface area contributed by atoms with Crippen LogP contribution in [0.25, 0.3) is 26.5 Å². The summed E-state index contributed by atoms with van der Waals surface area (Å²) in [5.74, 6) is 0.188. The first-order valence-electron chi connectivity index (χ1n) is 7.97. The average Bonchev–Trinajstić information content (AvgIpc) is 3.15. The molecule has 4 nitrogen and oxygen atoms in total. The third-order valence-electron chi connectivity index (χ3n) is 4.57. The average molecular weight is 333 g/mol. The van der Waals surface area contributed by atoms with Crippen LogP contribution in [0.15, 0.2) is 42.5 Å². The molecule has 2 heterocycles. The van der Waals surface area contributed by atoms with Gasteiger partial charge in [0.2, 0.25) is 11.0 Å². The molecule has 0 aliphatic heterocycles. The van der Waals surface area contributed by atoms with Crippen molar-refractivity contribution in [3.8, 4) is 22.1 Å². The van der Waals surface area contributed by atoms with Gasteiger partial charge in [0.25, 0.3) is 0 Å². The van der Waals surface area contributed by atoms with Crippen LogP contribution in [0.4, 0.5) is 0 Å². The molecular formula is C19H15N3OS. The normalized spacial score (nSPS) is 13.0. The van der Waals surface area contributed by atoms with E-state index in [1.165, 1.54) is 11.1 Å². The van der Waals surface area contributed by atoms with Gasteiger partial charge in [-0.3, -0.25) is 0 Å². The molecule has 24 heavy (non-hydrogen) atoms. The van der Waals surface area contributed by atoms with Crippen LogP contribution in [-0.4, -0.2) is 19.9 Å². The Morgan fingerprint density at radius 2 is 2.00 bits per heavy atom. The van der Waals surface area contributed by atoms with Gasteiger partial charge in [-0.2, -0.15) is 9.78 Å². The molecule has 0 spiro atoms. The molecular weight excluding hydrogens is 318 g/mol. The molecule has 4 aromatic rings. The molecule has 0 saturated heterocycles. The van der Waals surface area contributed by atoms with E-state index in [4.69, 9.17) is 0 Å². The Morgan fingerprint density at radius 3 is 2.92 bits per heavy atom. The molecule has 0 atom stereocenters. The molecule has 2 aromatic carbocycles. The molecule has 5 heteroatoms. The van der Waals surface area contributed by atoms with E-state index in [1.807, 2.05) is 18.2 Å². The summed E-state index contributed by atoms with van der Waals surface area (Å²) in [5, 5.41) is 16.2. The van der Waals surface area contributed by atoms with Gasteiger partial charge in [0.15, 0.2) is 0 Å². The second-order valence-electron chi connectivity index (χ2n) is 6.18. The Bertz CT molecular complexity index is 1090. The van der Waals surface area contributed by atoms with Crippen LogP contribution in [0.3, 0.4) is 0 Å². The Labute approximate surface area is 143 Å². The third-order valence-corrected chi connectivity index (χ3v) is 5.56. The van der Waals surface area contributed by atoms with Crippen molar-refractivity contribution in [2.24, 2.45) is 0 Å². The Balaban J connectivity index is 1.72. The first-order valence-corrected chi connectivity index (χ1v) is 8.79. The molecule has 0 radical (unpaired) electrons.